The Morgan fingerprint density at radius 2 is 1.95 bits per heavy atom. The summed E-state index contributed by atoms with van der Waals surface area (Å²) in [4.78, 5) is 12.0. The summed E-state index contributed by atoms with van der Waals surface area (Å²) in [7, 11) is 2.00. The van der Waals surface area contributed by atoms with Gasteiger partial charge in [-0.05, 0) is 51.1 Å². The van der Waals surface area contributed by atoms with Crippen molar-refractivity contribution < 1.29 is 9.90 Å². The van der Waals surface area contributed by atoms with Gasteiger partial charge in [0, 0.05) is 19.1 Å². The Hall–Kier alpha value is -0.610. The minimum Gasteiger partial charge on any atom is -0.396 e. The first-order valence-corrected chi connectivity index (χ1v) is 7.72. The van der Waals surface area contributed by atoms with Crippen molar-refractivity contribution in [3.8, 4) is 0 Å². The largest absolute Gasteiger partial charge is 0.396 e. The summed E-state index contributed by atoms with van der Waals surface area (Å²) in [6, 6.07) is 0. The summed E-state index contributed by atoms with van der Waals surface area (Å²) < 4.78 is 0. The van der Waals surface area contributed by atoms with E-state index >= 15 is 0 Å². The van der Waals surface area contributed by atoms with Crippen molar-refractivity contribution in [2.24, 2.45) is 17.8 Å². The van der Waals surface area contributed by atoms with Crippen LogP contribution in [0.4, 0.5) is 0 Å². The number of carbonyl (C=O) groups excluding carboxylic acids is 1. The summed E-state index contributed by atoms with van der Waals surface area (Å²) in [5.41, 5.74) is 0. The predicted octanol–water partition coefficient (Wildman–Crippen LogP) is 1.54. The summed E-state index contributed by atoms with van der Waals surface area (Å²) >= 11 is 0. The van der Waals surface area contributed by atoms with Crippen LogP contribution >= 0.6 is 0 Å². The van der Waals surface area contributed by atoms with Crippen LogP contribution in [0, 0.1) is 17.8 Å². The Morgan fingerprint density at radius 1 is 1.26 bits per heavy atom. The Labute approximate surface area is 117 Å². The smallest absolute Gasteiger partial charge is 0.223 e. The van der Waals surface area contributed by atoms with Crippen LogP contribution in [0.2, 0.25) is 0 Å². The Balaban J connectivity index is 2.23. The molecule has 3 N–H and O–H groups in total. The first kappa shape index (κ1) is 16.4. The Kier molecular flexibility index (Phi) is 8.07. The van der Waals surface area contributed by atoms with Gasteiger partial charge in [0.05, 0.1) is 0 Å². The monoisotopic (exact) mass is 270 g/mol. The number of hydrogen-bond acceptors (Lipinski definition) is 3. The summed E-state index contributed by atoms with van der Waals surface area (Å²) in [5.74, 6) is 1.66. The number of aliphatic hydroxyl groups is 1. The second-order valence-corrected chi connectivity index (χ2v) is 5.83. The fourth-order valence-electron chi connectivity index (χ4n) is 2.99. The maximum atomic E-state index is 12.0. The molecule has 1 aliphatic carbocycles. The lowest BCUT2D eigenvalue weighted by atomic mass is 9.75. The molecule has 0 spiro atoms. The van der Waals surface area contributed by atoms with E-state index in [4.69, 9.17) is 5.11 Å². The third kappa shape index (κ3) is 5.91. The third-order valence-corrected chi connectivity index (χ3v) is 4.45. The molecule has 0 aromatic carbocycles. The van der Waals surface area contributed by atoms with Crippen LogP contribution in [0.15, 0.2) is 0 Å². The van der Waals surface area contributed by atoms with Crippen molar-refractivity contribution in [1.82, 2.24) is 10.6 Å². The molecule has 0 radical (unpaired) electrons. The van der Waals surface area contributed by atoms with Crippen molar-refractivity contribution in [1.29, 1.82) is 0 Å². The average Bonchev–Trinajstić information content (AvgIpc) is 2.45. The highest BCUT2D eigenvalue weighted by Gasteiger charge is 2.28. The standard InChI is InChI=1S/C15H30N2O2/c1-12(15(19)17-9-3-11-18)14-6-4-13(5-7-14)8-10-16-2/h12-14,16,18H,3-11H2,1-2H3,(H,17,19). The second-order valence-electron chi connectivity index (χ2n) is 5.83. The van der Waals surface area contributed by atoms with Crippen molar-refractivity contribution in [2.75, 3.05) is 26.7 Å². The maximum absolute atomic E-state index is 12.0. The molecule has 19 heavy (non-hydrogen) atoms. The van der Waals surface area contributed by atoms with Crippen LogP contribution in [0.3, 0.4) is 0 Å². The van der Waals surface area contributed by atoms with E-state index in [-0.39, 0.29) is 18.4 Å². The van der Waals surface area contributed by atoms with Crippen LogP contribution in [0.25, 0.3) is 0 Å². The zero-order valence-corrected chi connectivity index (χ0v) is 12.5. The van der Waals surface area contributed by atoms with Crippen molar-refractivity contribution in [3.63, 3.8) is 0 Å². The lowest BCUT2D eigenvalue weighted by molar-refractivity contribution is -0.126. The van der Waals surface area contributed by atoms with Crippen molar-refractivity contribution in [2.45, 2.75) is 45.4 Å². The minimum absolute atomic E-state index is 0.115. The molecular formula is C15H30N2O2. The van der Waals surface area contributed by atoms with Crippen LogP contribution in [0.5, 0.6) is 0 Å². The fraction of sp³-hybridized carbons (Fsp3) is 0.933. The number of amides is 1. The Morgan fingerprint density at radius 3 is 2.53 bits per heavy atom. The fourth-order valence-corrected chi connectivity index (χ4v) is 2.99. The second kappa shape index (κ2) is 9.32. The highest BCUT2D eigenvalue weighted by molar-refractivity contribution is 5.78. The molecule has 1 atom stereocenters. The van der Waals surface area contributed by atoms with Gasteiger partial charge in [-0.15, -0.1) is 0 Å². The number of hydrogen-bond donors (Lipinski definition) is 3. The SMILES string of the molecule is CNCCC1CCC(C(C)C(=O)NCCCO)CC1. The van der Waals surface area contributed by atoms with E-state index in [1.165, 1.54) is 32.1 Å². The van der Waals surface area contributed by atoms with Gasteiger partial charge in [0.15, 0.2) is 0 Å². The molecule has 0 saturated heterocycles. The van der Waals surface area contributed by atoms with Crippen LogP contribution < -0.4 is 10.6 Å². The molecular weight excluding hydrogens is 240 g/mol. The van der Waals surface area contributed by atoms with E-state index in [1.54, 1.807) is 0 Å². The molecule has 1 rings (SSSR count). The van der Waals surface area contributed by atoms with Crippen LogP contribution in [-0.2, 0) is 4.79 Å². The molecule has 1 aliphatic rings. The van der Waals surface area contributed by atoms with Crippen LogP contribution in [-0.4, -0.2) is 37.8 Å². The van der Waals surface area contributed by atoms with Gasteiger partial charge in [0.25, 0.3) is 0 Å². The summed E-state index contributed by atoms with van der Waals surface area (Å²) in [6.07, 6.45) is 6.81. The minimum atomic E-state index is 0.115. The number of rotatable bonds is 8. The van der Waals surface area contributed by atoms with Gasteiger partial charge < -0.3 is 15.7 Å². The zero-order chi connectivity index (χ0) is 14.1. The predicted molar refractivity (Wildman–Crippen MR) is 77.9 cm³/mol. The van der Waals surface area contributed by atoms with E-state index in [2.05, 4.69) is 10.6 Å². The Bertz CT molecular complexity index is 251. The molecule has 0 aromatic rings. The van der Waals surface area contributed by atoms with Gasteiger partial charge in [-0.25, -0.2) is 0 Å². The molecule has 1 unspecified atom stereocenters. The average molecular weight is 270 g/mol. The maximum Gasteiger partial charge on any atom is 0.223 e. The quantitative estimate of drug-likeness (QED) is 0.586. The lowest BCUT2D eigenvalue weighted by Crippen LogP contribution is -2.35. The third-order valence-electron chi connectivity index (χ3n) is 4.45. The molecule has 112 valence electrons. The van der Waals surface area contributed by atoms with Gasteiger partial charge in [-0.1, -0.05) is 19.8 Å². The van der Waals surface area contributed by atoms with Crippen LogP contribution in [0.1, 0.15) is 45.4 Å². The molecule has 1 amide bonds. The summed E-state index contributed by atoms with van der Waals surface area (Å²) in [5, 5.41) is 14.8. The molecule has 4 heteroatoms. The number of aliphatic hydroxyl groups excluding tert-OH is 1. The van der Waals surface area contributed by atoms with E-state index < -0.39 is 0 Å². The molecule has 4 nitrogen and oxygen atoms in total. The molecule has 1 saturated carbocycles. The van der Waals surface area contributed by atoms with Crippen molar-refractivity contribution >= 4 is 5.91 Å². The van der Waals surface area contributed by atoms with E-state index in [0.717, 1.165) is 12.5 Å². The summed E-state index contributed by atoms with van der Waals surface area (Å²) in [6.45, 7) is 3.89. The topological polar surface area (TPSA) is 61.4 Å². The molecule has 0 bridgehead atoms. The molecule has 0 aliphatic heterocycles. The molecule has 0 aromatic heterocycles. The van der Waals surface area contributed by atoms with Crippen molar-refractivity contribution in [3.05, 3.63) is 0 Å². The highest BCUT2D eigenvalue weighted by atomic mass is 16.3. The van der Waals surface area contributed by atoms with Gasteiger partial charge in [0.1, 0.15) is 0 Å². The van der Waals surface area contributed by atoms with E-state index in [0.29, 0.717) is 18.9 Å². The molecule has 0 heterocycles. The zero-order valence-electron chi connectivity index (χ0n) is 12.5. The highest BCUT2D eigenvalue weighted by Crippen LogP contribution is 2.34. The van der Waals surface area contributed by atoms with E-state index in [9.17, 15) is 4.79 Å². The van der Waals surface area contributed by atoms with Gasteiger partial charge in [-0.2, -0.15) is 0 Å². The van der Waals surface area contributed by atoms with Gasteiger partial charge in [-0.3, -0.25) is 4.79 Å². The first-order chi connectivity index (χ1) is 9.19. The normalized spacial score (nSPS) is 25.0. The molecule has 1 fully saturated rings. The first-order valence-electron chi connectivity index (χ1n) is 7.72. The number of nitrogens with one attached hydrogen (secondary N) is 2. The van der Waals surface area contributed by atoms with E-state index in [1.807, 2.05) is 14.0 Å². The van der Waals surface area contributed by atoms with Gasteiger partial charge >= 0.3 is 0 Å². The van der Waals surface area contributed by atoms with Gasteiger partial charge in [0.2, 0.25) is 5.91 Å². The number of carbonyl (C=O) groups is 1. The lowest BCUT2D eigenvalue weighted by Gasteiger charge is -2.31.